The van der Waals surface area contributed by atoms with Crippen molar-refractivity contribution in [2.75, 3.05) is 13.1 Å². The molecule has 2 N–H and O–H groups in total. The van der Waals surface area contributed by atoms with Gasteiger partial charge in [0.2, 0.25) is 5.91 Å². The molecule has 1 fully saturated rings. The number of nitrogens with zero attached hydrogens (tertiary/aromatic N) is 3. The van der Waals surface area contributed by atoms with Gasteiger partial charge in [0.1, 0.15) is 17.9 Å². The molecule has 3 rings (SSSR count). The van der Waals surface area contributed by atoms with Gasteiger partial charge in [0.15, 0.2) is 0 Å². The number of nitrogens with one attached hydrogen (secondary N) is 2. The fourth-order valence-corrected chi connectivity index (χ4v) is 3.10. The summed E-state index contributed by atoms with van der Waals surface area (Å²) < 4.78 is 29.3. The lowest BCUT2D eigenvalue weighted by Gasteiger charge is -2.34. The van der Waals surface area contributed by atoms with Crippen LogP contribution in [0.1, 0.15) is 41.5 Å². The molecule has 10 heteroatoms. The van der Waals surface area contributed by atoms with Crippen LogP contribution in [0.15, 0.2) is 30.6 Å². The lowest BCUT2D eigenvalue weighted by molar-refractivity contribution is -0.134. The minimum absolute atomic E-state index is 0.0592. The molecule has 0 saturated carbocycles. The molecule has 1 aliphatic rings. The molecule has 8 nitrogen and oxygen atoms in total. The fourth-order valence-electron chi connectivity index (χ4n) is 3.10. The fraction of sp³-hybridized carbons (Fsp3) is 0.412. The molecule has 2 aromatic rings. The van der Waals surface area contributed by atoms with Gasteiger partial charge in [-0.1, -0.05) is 12.1 Å². The van der Waals surface area contributed by atoms with Crippen LogP contribution in [0, 0.1) is 0 Å². The van der Waals surface area contributed by atoms with Crippen LogP contribution in [0.25, 0.3) is 0 Å². The number of hydrogen-bond donors (Lipinski definition) is 2. The summed E-state index contributed by atoms with van der Waals surface area (Å²) in [6, 6.07) is 5.41. The minimum Gasteiger partial charge on any atom is -0.434 e. The summed E-state index contributed by atoms with van der Waals surface area (Å²) in [6.45, 7) is -2.76. The number of aromatic amines is 1. The van der Waals surface area contributed by atoms with E-state index in [1.165, 1.54) is 30.6 Å². The Bertz CT molecular complexity index is 785. The van der Waals surface area contributed by atoms with Crippen molar-refractivity contribution >= 4 is 11.8 Å². The molecule has 1 unspecified atom stereocenters. The van der Waals surface area contributed by atoms with Crippen LogP contribution in [0.2, 0.25) is 0 Å². The number of para-hydroxylation sites is 1. The van der Waals surface area contributed by atoms with E-state index in [4.69, 9.17) is 0 Å². The normalized spacial score (nSPS) is 17.0. The second-order valence-corrected chi connectivity index (χ2v) is 6.03. The van der Waals surface area contributed by atoms with Crippen LogP contribution in [0.5, 0.6) is 5.75 Å². The predicted octanol–water partition coefficient (Wildman–Crippen LogP) is 1.89. The Hall–Kier alpha value is -3.04. The molecule has 2 heterocycles. The number of carbonyl (C=O) groups excluding carboxylic acids is 2. The van der Waals surface area contributed by atoms with Gasteiger partial charge in [-0.2, -0.15) is 13.9 Å². The molecule has 1 aliphatic heterocycles. The number of halogens is 2. The molecule has 1 saturated heterocycles. The minimum atomic E-state index is -3.04. The zero-order chi connectivity index (χ0) is 19.2. The third kappa shape index (κ3) is 4.57. The van der Waals surface area contributed by atoms with Gasteiger partial charge in [-0.3, -0.25) is 14.7 Å². The second-order valence-electron chi connectivity index (χ2n) is 6.03. The van der Waals surface area contributed by atoms with E-state index in [-0.39, 0.29) is 29.8 Å². The Balaban J connectivity index is 1.64. The van der Waals surface area contributed by atoms with Gasteiger partial charge in [0, 0.05) is 6.54 Å². The topological polar surface area (TPSA) is 100 Å². The molecule has 1 aromatic carbocycles. The van der Waals surface area contributed by atoms with Crippen molar-refractivity contribution in [2.45, 2.75) is 31.9 Å². The summed E-state index contributed by atoms with van der Waals surface area (Å²) in [5.74, 6) is -0.579. The predicted molar refractivity (Wildman–Crippen MR) is 90.1 cm³/mol. The lowest BCUT2D eigenvalue weighted by atomic mass is 10.0. The molecular weight excluding hydrogens is 360 g/mol. The number of H-pyrrole nitrogens is 1. The number of aromatic nitrogens is 3. The number of alkyl halides is 2. The van der Waals surface area contributed by atoms with E-state index >= 15 is 0 Å². The maximum absolute atomic E-state index is 12.6. The number of likely N-dealkylation sites (tertiary alicyclic amines) is 1. The zero-order valence-electron chi connectivity index (χ0n) is 14.4. The van der Waals surface area contributed by atoms with Gasteiger partial charge in [0.25, 0.3) is 5.91 Å². The van der Waals surface area contributed by atoms with E-state index in [0.29, 0.717) is 12.4 Å². The standard InChI is InChI=1S/C17H19F2N5O3/c18-17(19)27-13-7-2-1-5-11(13)16(26)20-9-14(25)24-8-4-3-6-12(24)15-21-10-22-23-15/h1-2,5,7,10,12,17H,3-4,6,8-9H2,(H,20,26)(H,21,22,23). The van der Waals surface area contributed by atoms with Gasteiger partial charge in [-0.05, 0) is 31.4 Å². The number of benzene rings is 1. The van der Waals surface area contributed by atoms with Gasteiger partial charge < -0.3 is 15.0 Å². The number of piperidine rings is 1. The third-order valence-corrected chi connectivity index (χ3v) is 4.32. The summed E-state index contributed by atoms with van der Waals surface area (Å²) in [7, 11) is 0. The van der Waals surface area contributed by atoms with E-state index in [2.05, 4.69) is 25.2 Å². The molecule has 0 spiro atoms. The quantitative estimate of drug-likeness (QED) is 0.798. The smallest absolute Gasteiger partial charge is 0.387 e. The Morgan fingerprint density at radius 1 is 1.33 bits per heavy atom. The van der Waals surface area contributed by atoms with E-state index < -0.39 is 12.5 Å². The summed E-state index contributed by atoms with van der Waals surface area (Å²) in [4.78, 5) is 30.7. The third-order valence-electron chi connectivity index (χ3n) is 4.32. The molecular formula is C17H19F2N5O3. The Labute approximate surface area is 153 Å². The summed E-state index contributed by atoms with van der Waals surface area (Å²) in [5.41, 5.74) is -0.0592. The van der Waals surface area contributed by atoms with Crippen molar-refractivity contribution in [1.82, 2.24) is 25.4 Å². The van der Waals surface area contributed by atoms with Crippen molar-refractivity contribution in [1.29, 1.82) is 0 Å². The lowest BCUT2D eigenvalue weighted by Crippen LogP contribution is -2.44. The SMILES string of the molecule is O=C(NCC(=O)N1CCCCC1c1ncn[nH]1)c1ccccc1OC(F)F. The van der Waals surface area contributed by atoms with Crippen molar-refractivity contribution in [3.8, 4) is 5.75 Å². The molecule has 1 atom stereocenters. The van der Waals surface area contributed by atoms with Crippen molar-refractivity contribution in [3.05, 3.63) is 42.0 Å². The highest BCUT2D eigenvalue weighted by atomic mass is 19.3. The van der Waals surface area contributed by atoms with Crippen LogP contribution in [0.3, 0.4) is 0 Å². The first-order valence-corrected chi connectivity index (χ1v) is 8.53. The van der Waals surface area contributed by atoms with Crippen molar-refractivity contribution < 1.29 is 23.1 Å². The molecule has 1 aromatic heterocycles. The number of ether oxygens (including phenoxy) is 1. The van der Waals surface area contributed by atoms with E-state index in [0.717, 1.165) is 19.3 Å². The Kier molecular flexibility index (Phi) is 5.94. The average molecular weight is 379 g/mol. The van der Waals surface area contributed by atoms with Crippen molar-refractivity contribution in [3.63, 3.8) is 0 Å². The second kappa shape index (κ2) is 8.56. The average Bonchev–Trinajstić information content (AvgIpc) is 3.20. The maximum Gasteiger partial charge on any atom is 0.387 e. The molecule has 0 aliphatic carbocycles. The van der Waals surface area contributed by atoms with Gasteiger partial charge in [-0.15, -0.1) is 0 Å². The Morgan fingerprint density at radius 2 is 2.15 bits per heavy atom. The van der Waals surface area contributed by atoms with Crippen molar-refractivity contribution in [2.24, 2.45) is 0 Å². The highest BCUT2D eigenvalue weighted by Crippen LogP contribution is 2.28. The monoisotopic (exact) mass is 379 g/mol. The Morgan fingerprint density at radius 3 is 2.89 bits per heavy atom. The maximum atomic E-state index is 12.6. The molecule has 0 radical (unpaired) electrons. The number of hydrogen-bond acceptors (Lipinski definition) is 5. The highest BCUT2D eigenvalue weighted by molar-refractivity contribution is 5.98. The summed E-state index contributed by atoms with van der Waals surface area (Å²) in [5, 5.41) is 9.07. The van der Waals surface area contributed by atoms with Crippen LogP contribution < -0.4 is 10.1 Å². The number of carbonyl (C=O) groups is 2. The van der Waals surface area contributed by atoms with Crippen LogP contribution in [-0.2, 0) is 4.79 Å². The van der Waals surface area contributed by atoms with Crippen LogP contribution in [0.4, 0.5) is 8.78 Å². The van der Waals surface area contributed by atoms with E-state index in [1.807, 2.05) is 0 Å². The molecule has 27 heavy (non-hydrogen) atoms. The summed E-state index contributed by atoms with van der Waals surface area (Å²) >= 11 is 0. The van der Waals surface area contributed by atoms with Gasteiger partial charge in [0.05, 0.1) is 18.2 Å². The number of amides is 2. The summed E-state index contributed by atoms with van der Waals surface area (Å²) in [6.07, 6.45) is 3.95. The highest BCUT2D eigenvalue weighted by Gasteiger charge is 2.30. The molecule has 144 valence electrons. The molecule has 2 amide bonds. The van der Waals surface area contributed by atoms with Crippen LogP contribution in [-0.4, -0.2) is 51.6 Å². The van der Waals surface area contributed by atoms with Gasteiger partial charge >= 0.3 is 6.61 Å². The zero-order valence-corrected chi connectivity index (χ0v) is 14.4. The van der Waals surface area contributed by atoms with E-state index in [1.54, 1.807) is 4.90 Å². The van der Waals surface area contributed by atoms with E-state index in [9.17, 15) is 18.4 Å². The molecule has 0 bridgehead atoms. The first-order chi connectivity index (χ1) is 13.1. The van der Waals surface area contributed by atoms with Gasteiger partial charge in [-0.25, -0.2) is 4.98 Å². The first kappa shape index (κ1) is 18.7. The number of rotatable bonds is 6. The largest absolute Gasteiger partial charge is 0.434 e. The van der Waals surface area contributed by atoms with Crippen LogP contribution >= 0.6 is 0 Å². The first-order valence-electron chi connectivity index (χ1n) is 8.53.